The van der Waals surface area contributed by atoms with Gasteiger partial charge in [0, 0.05) is 11.3 Å². The third-order valence-corrected chi connectivity index (χ3v) is 3.88. The largest absolute Gasteiger partial charge is 0.445 e. The molecule has 106 valence electrons. The number of rotatable bonds is 5. The molecule has 0 aliphatic heterocycles. The summed E-state index contributed by atoms with van der Waals surface area (Å²) >= 11 is 1.62. The van der Waals surface area contributed by atoms with Crippen molar-refractivity contribution in [1.82, 2.24) is 10.3 Å². The first-order chi connectivity index (χ1) is 9.65. The lowest BCUT2D eigenvalue weighted by Crippen LogP contribution is -2.23. The average Bonchev–Trinajstić information content (AvgIpc) is 2.93. The van der Waals surface area contributed by atoms with Crippen molar-refractivity contribution in [2.24, 2.45) is 0 Å². The molecule has 0 aliphatic rings. The van der Waals surface area contributed by atoms with Crippen molar-refractivity contribution in [2.75, 3.05) is 0 Å². The molecule has 4 nitrogen and oxygen atoms in total. The first-order valence-electron chi connectivity index (χ1n) is 6.54. The summed E-state index contributed by atoms with van der Waals surface area (Å²) in [5.74, 6) is 0.416. The van der Waals surface area contributed by atoms with Gasteiger partial charge in [-0.15, -0.1) is 11.3 Å². The molecule has 0 atom stereocenters. The maximum Gasteiger partial charge on any atom is 0.407 e. The lowest BCUT2D eigenvalue weighted by molar-refractivity contribution is 0.139. The van der Waals surface area contributed by atoms with E-state index in [9.17, 15) is 4.79 Å². The van der Waals surface area contributed by atoms with Crippen LogP contribution in [0.25, 0.3) is 0 Å². The molecule has 5 heteroatoms. The molecule has 0 fully saturated rings. The fraction of sp³-hybridized carbons (Fsp3) is 0.333. The van der Waals surface area contributed by atoms with Crippen molar-refractivity contribution in [3.63, 3.8) is 0 Å². The topological polar surface area (TPSA) is 51.2 Å². The number of hydrogen-bond acceptors (Lipinski definition) is 4. The zero-order chi connectivity index (χ0) is 14.4. The predicted molar refractivity (Wildman–Crippen MR) is 79.7 cm³/mol. The van der Waals surface area contributed by atoms with E-state index >= 15 is 0 Å². The van der Waals surface area contributed by atoms with E-state index in [0.717, 1.165) is 16.3 Å². The molecule has 1 aromatic heterocycles. The van der Waals surface area contributed by atoms with Crippen LogP contribution in [0.5, 0.6) is 0 Å². The summed E-state index contributed by atoms with van der Waals surface area (Å²) in [4.78, 5) is 16.0. The van der Waals surface area contributed by atoms with Gasteiger partial charge in [0.15, 0.2) is 0 Å². The lowest BCUT2D eigenvalue weighted by atomic mass is 10.2. The Morgan fingerprint density at radius 2 is 2.10 bits per heavy atom. The molecule has 0 saturated heterocycles. The van der Waals surface area contributed by atoms with E-state index in [1.54, 1.807) is 11.3 Å². The Morgan fingerprint density at radius 3 is 2.75 bits per heavy atom. The van der Waals surface area contributed by atoms with Gasteiger partial charge >= 0.3 is 6.09 Å². The number of nitrogens with one attached hydrogen (secondary N) is 1. The molecule has 2 aromatic rings. The van der Waals surface area contributed by atoms with Crippen LogP contribution in [-0.2, 0) is 17.9 Å². The summed E-state index contributed by atoms with van der Waals surface area (Å²) in [7, 11) is 0. The molecule has 0 unspecified atom stereocenters. The van der Waals surface area contributed by atoms with E-state index in [1.807, 2.05) is 35.7 Å². The summed E-state index contributed by atoms with van der Waals surface area (Å²) in [6.07, 6.45) is -0.423. The summed E-state index contributed by atoms with van der Waals surface area (Å²) < 4.78 is 5.13. The van der Waals surface area contributed by atoms with Crippen molar-refractivity contribution in [3.05, 3.63) is 52.0 Å². The van der Waals surface area contributed by atoms with E-state index in [2.05, 4.69) is 24.1 Å². The van der Waals surface area contributed by atoms with Gasteiger partial charge in [-0.2, -0.15) is 0 Å². The molecule has 1 heterocycles. The Kier molecular flexibility index (Phi) is 5.12. The van der Waals surface area contributed by atoms with Gasteiger partial charge in [-0.25, -0.2) is 9.78 Å². The normalized spacial score (nSPS) is 10.6. The first-order valence-corrected chi connectivity index (χ1v) is 7.42. The third kappa shape index (κ3) is 4.35. The summed E-state index contributed by atoms with van der Waals surface area (Å²) in [5, 5.41) is 5.75. The molecule has 1 amide bonds. The number of hydrogen-bond donors (Lipinski definition) is 1. The van der Waals surface area contributed by atoms with Gasteiger partial charge in [0.1, 0.15) is 6.61 Å². The molecular formula is C15H18N2O2S. The number of benzene rings is 1. The molecular weight excluding hydrogens is 272 g/mol. The number of amides is 1. The van der Waals surface area contributed by atoms with Crippen LogP contribution in [-0.4, -0.2) is 11.1 Å². The molecule has 0 spiro atoms. The van der Waals surface area contributed by atoms with Crippen LogP contribution in [0.4, 0.5) is 4.79 Å². The number of aromatic nitrogens is 1. The average molecular weight is 290 g/mol. The van der Waals surface area contributed by atoms with Gasteiger partial charge in [-0.05, 0) is 5.56 Å². The second-order valence-corrected chi connectivity index (χ2v) is 5.64. The molecule has 0 aliphatic carbocycles. The second-order valence-electron chi connectivity index (χ2n) is 4.75. The van der Waals surface area contributed by atoms with Gasteiger partial charge in [0.05, 0.1) is 17.2 Å². The lowest BCUT2D eigenvalue weighted by Gasteiger charge is -2.05. The Bertz CT molecular complexity index is 552. The molecule has 0 bridgehead atoms. The Hall–Kier alpha value is -1.88. The van der Waals surface area contributed by atoms with Gasteiger partial charge in [0.25, 0.3) is 0 Å². The predicted octanol–water partition coefficient (Wildman–Crippen LogP) is 3.69. The van der Waals surface area contributed by atoms with Crippen LogP contribution in [0.3, 0.4) is 0 Å². The van der Waals surface area contributed by atoms with Gasteiger partial charge in [-0.3, -0.25) is 0 Å². The molecule has 1 aromatic carbocycles. The fourth-order valence-corrected chi connectivity index (χ4v) is 2.44. The smallest absolute Gasteiger partial charge is 0.407 e. The van der Waals surface area contributed by atoms with Crippen LogP contribution < -0.4 is 5.32 Å². The number of carbonyl (C=O) groups is 1. The van der Waals surface area contributed by atoms with Crippen LogP contribution in [0.1, 0.15) is 36.0 Å². The highest BCUT2D eigenvalue weighted by molar-refractivity contribution is 7.09. The summed E-state index contributed by atoms with van der Waals surface area (Å²) in [6, 6.07) is 9.60. The SMILES string of the molecule is CC(C)c1nc(CNC(=O)OCc2ccccc2)cs1. The van der Waals surface area contributed by atoms with Crippen LogP contribution in [0.2, 0.25) is 0 Å². The number of nitrogens with zero attached hydrogens (tertiary/aromatic N) is 1. The van der Waals surface area contributed by atoms with Crippen molar-refractivity contribution in [1.29, 1.82) is 0 Å². The van der Waals surface area contributed by atoms with Crippen molar-refractivity contribution in [3.8, 4) is 0 Å². The second kappa shape index (κ2) is 7.05. The van der Waals surface area contributed by atoms with E-state index in [0.29, 0.717) is 12.5 Å². The molecule has 1 N–H and O–H groups in total. The van der Waals surface area contributed by atoms with Gasteiger partial charge < -0.3 is 10.1 Å². The van der Waals surface area contributed by atoms with Crippen molar-refractivity contribution in [2.45, 2.75) is 32.9 Å². The van der Waals surface area contributed by atoms with Crippen LogP contribution in [0.15, 0.2) is 35.7 Å². The molecule has 20 heavy (non-hydrogen) atoms. The van der Waals surface area contributed by atoms with Crippen LogP contribution in [0, 0.1) is 0 Å². The highest BCUT2D eigenvalue weighted by Crippen LogP contribution is 2.18. The Labute approximate surface area is 122 Å². The third-order valence-electron chi connectivity index (χ3n) is 2.69. The van der Waals surface area contributed by atoms with Crippen molar-refractivity contribution < 1.29 is 9.53 Å². The Balaban J connectivity index is 1.74. The zero-order valence-electron chi connectivity index (χ0n) is 11.6. The van der Waals surface area contributed by atoms with E-state index in [-0.39, 0.29) is 6.61 Å². The molecule has 2 rings (SSSR count). The number of thiazole rings is 1. The zero-order valence-corrected chi connectivity index (χ0v) is 12.4. The molecule has 0 saturated carbocycles. The highest BCUT2D eigenvalue weighted by atomic mass is 32.1. The minimum atomic E-state index is -0.423. The van der Waals surface area contributed by atoms with Crippen LogP contribution >= 0.6 is 11.3 Å². The monoisotopic (exact) mass is 290 g/mol. The minimum absolute atomic E-state index is 0.279. The maximum atomic E-state index is 11.6. The Morgan fingerprint density at radius 1 is 1.35 bits per heavy atom. The highest BCUT2D eigenvalue weighted by Gasteiger charge is 2.07. The fourth-order valence-electron chi connectivity index (χ4n) is 1.61. The van der Waals surface area contributed by atoms with Crippen molar-refractivity contribution >= 4 is 17.4 Å². The first kappa shape index (κ1) is 14.5. The standard InChI is InChI=1S/C15H18N2O2S/c1-11(2)14-17-13(10-20-14)8-16-15(18)19-9-12-6-4-3-5-7-12/h3-7,10-11H,8-9H2,1-2H3,(H,16,18). The van der Waals surface area contributed by atoms with E-state index < -0.39 is 6.09 Å². The number of carbonyl (C=O) groups excluding carboxylic acids is 1. The quantitative estimate of drug-likeness (QED) is 0.913. The number of ether oxygens (including phenoxy) is 1. The summed E-state index contributed by atoms with van der Waals surface area (Å²) in [6.45, 7) is 4.88. The van der Waals surface area contributed by atoms with Gasteiger partial charge in [-0.1, -0.05) is 44.2 Å². The van der Waals surface area contributed by atoms with E-state index in [4.69, 9.17) is 4.74 Å². The molecule has 0 radical (unpaired) electrons. The van der Waals surface area contributed by atoms with E-state index in [1.165, 1.54) is 0 Å². The minimum Gasteiger partial charge on any atom is -0.445 e. The summed E-state index contributed by atoms with van der Waals surface area (Å²) in [5.41, 5.74) is 1.84. The maximum absolute atomic E-state index is 11.6. The van der Waals surface area contributed by atoms with Gasteiger partial charge in [0.2, 0.25) is 0 Å². The number of alkyl carbamates (subject to hydrolysis) is 1.